The summed E-state index contributed by atoms with van der Waals surface area (Å²) in [6.45, 7) is 12.1. The van der Waals surface area contributed by atoms with E-state index >= 15 is 0 Å². The zero-order valence-corrected chi connectivity index (χ0v) is 11.2. The maximum atomic E-state index is 2.46. The minimum atomic E-state index is 0.920. The van der Waals surface area contributed by atoms with E-state index in [0.29, 0.717) is 0 Å². The molecular formula is C15H28. The van der Waals surface area contributed by atoms with Crippen molar-refractivity contribution in [3.05, 3.63) is 0 Å². The molecule has 0 heterocycles. The van der Waals surface area contributed by atoms with Crippen LogP contribution in [0.5, 0.6) is 0 Å². The van der Waals surface area contributed by atoms with Gasteiger partial charge in [0.25, 0.3) is 0 Å². The molecule has 0 aromatic carbocycles. The first-order chi connectivity index (χ1) is 7.07. The van der Waals surface area contributed by atoms with E-state index in [2.05, 4.69) is 34.6 Å². The van der Waals surface area contributed by atoms with Gasteiger partial charge in [-0.25, -0.2) is 0 Å². The Labute approximate surface area is 95.8 Å². The molecular weight excluding hydrogens is 180 g/mol. The van der Waals surface area contributed by atoms with Crippen LogP contribution in [0.4, 0.5) is 0 Å². The van der Waals surface area contributed by atoms with E-state index in [4.69, 9.17) is 0 Å². The summed E-state index contributed by atoms with van der Waals surface area (Å²) in [6.07, 6.45) is 4.47. The van der Waals surface area contributed by atoms with E-state index in [0.717, 1.165) is 41.4 Å². The highest BCUT2D eigenvalue weighted by Gasteiger charge is 2.50. The minimum Gasteiger partial charge on any atom is -0.0651 e. The van der Waals surface area contributed by atoms with Crippen molar-refractivity contribution in [3.63, 3.8) is 0 Å². The second-order valence-electron chi connectivity index (χ2n) is 6.52. The van der Waals surface area contributed by atoms with Crippen LogP contribution >= 0.6 is 0 Å². The van der Waals surface area contributed by atoms with Crippen molar-refractivity contribution in [1.82, 2.24) is 0 Å². The molecule has 0 heteroatoms. The first-order valence-corrected chi connectivity index (χ1v) is 7.07. The van der Waals surface area contributed by atoms with E-state index in [1.807, 2.05) is 0 Å². The summed E-state index contributed by atoms with van der Waals surface area (Å²) in [4.78, 5) is 0. The molecule has 88 valence electrons. The summed E-state index contributed by atoms with van der Waals surface area (Å²) in [5.41, 5.74) is 0. The van der Waals surface area contributed by atoms with Crippen LogP contribution in [0.25, 0.3) is 0 Å². The fourth-order valence-electron chi connectivity index (χ4n) is 4.31. The minimum absolute atomic E-state index is 0.920. The Balaban J connectivity index is 1.68. The zero-order chi connectivity index (χ0) is 11.2. The first kappa shape index (κ1) is 11.5. The Morgan fingerprint density at radius 1 is 0.867 bits per heavy atom. The molecule has 0 nitrogen and oxygen atoms in total. The highest BCUT2D eigenvalue weighted by molar-refractivity contribution is 4.99. The smallest absolute Gasteiger partial charge is 0.0331 e. The maximum Gasteiger partial charge on any atom is -0.0331 e. The summed E-state index contributed by atoms with van der Waals surface area (Å²) in [5.74, 6) is 7.30. The molecule has 2 rings (SSSR count). The Bertz CT molecular complexity index is 218. The highest BCUT2D eigenvalue weighted by Crippen LogP contribution is 2.57. The molecule has 0 saturated heterocycles. The largest absolute Gasteiger partial charge is 0.0651 e. The summed E-state index contributed by atoms with van der Waals surface area (Å²) in [6, 6.07) is 0. The fraction of sp³-hybridized carbons (Fsp3) is 1.00. The van der Waals surface area contributed by atoms with Gasteiger partial charge in [0.2, 0.25) is 0 Å². The van der Waals surface area contributed by atoms with Crippen LogP contribution in [0.15, 0.2) is 0 Å². The van der Waals surface area contributed by atoms with Gasteiger partial charge in [-0.2, -0.15) is 0 Å². The summed E-state index contributed by atoms with van der Waals surface area (Å²) < 4.78 is 0. The van der Waals surface area contributed by atoms with Gasteiger partial charge in [0, 0.05) is 0 Å². The molecule has 0 radical (unpaired) electrons. The molecule has 2 aliphatic rings. The van der Waals surface area contributed by atoms with Crippen LogP contribution in [-0.4, -0.2) is 0 Å². The summed E-state index contributed by atoms with van der Waals surface area (Å²) in [5, 5.41) is 0. The van der Waals surface area contributed by atoms with Gasteiger partial charge in [-0.1, -0.05) is 41.0 Å². The van der Waals surface area contributed by atoms with Gasteiger partial charge >= 0.3 is 0 Å². The first-order valence-electron chi connectivity index (χ1n) is 7.07. The molecule has 15 heavy (non-hydrogen) atoms. The Morgan fingerprint density at radius 3 is 1.87 bits per heavy atom. The molecule has 0 aliphatic heterocycles. The SMILES string of the molecule is CCC1C(C)C1CCC1C(C)C1C(C)C. The van der Waals surface area contributed by atoms with E-state index in [-0.39, 0.29) is 0 Å². The second kappa shape index (κ2) is 4.11. The average Bonchev–Trinajstić information content (AvgIpc) is 3.00. The molecule has 0 N–H and O–H groups in total. The van der Waals surface area contributed by atoms with Crippen molar-refractivity contribution in [2.75, 3.05) is 0 Å². The monoisotopic (exact) mass is 208 g/mol. The van der Waals surface area contributed by atoms with Gasteiger partial charge in [-0.05, 0) is 54.3 Å². The van der Waals surface area contributed by atoms with Gasteiger partial charge in [0.05, 0.1) is 0 Å². The van der Waals surface area contributed by atoms with E-state index in [9.17, 15) is 0 Å². The molecule has 2 saturated carbocycles. The van der Waals surface area contributed by atoms with Gasteiger partial charge in [0.15, 0.2) is 0 Å². The predicted octanol–water partition coefficient (Wildman–Crippen LogP) is 4.60. The van der Waals surface area contributed by atoms with Crippen molar-refractivity contribution in [2.24, 2.45) is 41.4 Å². The average molecular weight is 208 g/mol. The lowest BCUT2D eigenvalue weighted by atomic mass is 10.0. The van der Waals surface area contributed by atoms with E-state index in [1.54, 1.807) is 0 Å². The van der Waals surface area contributed by atoms with Crippen LogP contribution in [0.2, 0.25) is 0 Å². The fourth-order valence-corrected chi connectivity index (χ4v) is 4.31. The highest BCUT2D eigenvalue weighted by atomic mass is 14.5. The lowest BCUT2D eigenvalue weighted by molar-refractivity contribution is 0.475. The topological polar surface area (TPSA) is 0 Å². The lowest BCUT2D eigenvalue weighted by Crippen LogP contribution is -1.94. The van der Waals surface area contributed by atoms with Crippen molar-refractivity contribution in [2.45, 2.75) is 53.9 Å². The molecule has 0 aromatic rings. The van der Waals surface area contributed by atoms with Crippen LogP contribution < -0.4 is 0 Å². The van der Waals surface area contributed by atoms with Crippen molar-refractivity contribution < 1.29 is 0 Å². The quantitative estimate of drug-likeness (QED) is 0.619. The van der Waals surface area contributed by atoms with E-state index < -0.39 is 0 Å². The standard InChI is InChI=1S/C15H28/c1-6-12-10(4)13(12)7-8-14-11(5)15(14)9(2)3/h9-15H,6-8H2,1-5H3. The Morgan fingerprint density at radius 2 is 1.47 bits per heavy atom. The molecule has 6 atom stereocenters. The zero-order valence-electron chi connectivity index (χ0n) is 11.2. The third kappa shape index (κ3) is 2.10. The van der Waals surface area contributed by atoms with Gasteiger partial charge < -0.3 is 0 Å². The van der Waals surface area contributed by atoms with Gasteiger partial charge in [0.1, 0.15) is 0 Å². The molecule has 0 amide bonds. The molecule has 6 unspecified atom stereocenters. The van der Waals surface area contributed by atoms with Crippen LogP contribution in [-0.2, 0) is 0 Å². The molecule has 0 spiro atoms. The van der Waals surface area contributed by atoms with Crippen molar-refractivity contribution >= 4 is 0 Å². The Hall–Kier alpha value is 0. The summed E-state index contributed by atoms with van der Waals surface area (Å²) in [7, 11) is 0. The third-order valence-corrected chi connectivity index (χ3v) is 5.47. The molecule has 2 fully saturated rings. The summed E-state index contributed by atoms with van der Waals surface area (Å²) >= 11 is 0. The predicted molar refractivity (Wildman–Crippen MR) is 66.7 cm³/mol. The maximum absolute atomic E-state index is 2.46. The van der Waals surface area contributed by atoms with Crippen LogP contribution in [0.3, 0.4) is 0 Å². The van der Waals surface area contributed by atoms with Gasteiger partial charge in [-0.3, -0.25) is 0 Å². The van der Waals surface area contributed by atoms with Gasteiger partial charge in [-0.15, -0.1) is 0 Å². The van der Waals surface area contributed by atoms with Crippen molar-refractivity contribution in [1.29, 1.82) is 0 Å². The Kier molecular flexibility index (Phi) is 3.14. The number of hydrogen-bond acceptors (Lipinski definition) is 0. The number of rotatable bonds is 5. The molecule has 0 bridgehead atoms. The van der Waals surface area contributed by atoms with Crippen molar-refractivity contribution in [3.8, 4) is 0 Å². The second-order valence-corrected chi connectivity index (χ2v) is 6.52. The third-order valence-electron chi connectivity index (χ3n) is 5.47. The van der Waals surface area contributed by atoms with Crippen LogP contribution in [0, 0.1) is 41.4 Å². The number of hydrogen-bond donors (Lipinski definition) is 0. The van der Waals surface area contributed by atoms with Crippen LogP contribution in [0.1, 0.15) is 53.9 Å². The van der Waals surface area contributed by atoms with E-state index in [1.165, 1.54) is 19.3 Å². The molecule has 2 aliphatic carbocycles. The molecule has 0 aromatic heterocycles. The lowest BCUT2D eigenvalue weighted by Gasteiger charge is -2.02. The normalized spacial score (nSPS) is 48.4.